The zero-order valence-electron chi connectivity index (χ0n) is 10.5. The highest BCUT2D eigenvalue weighted by Gasteiger charge is 2.13. The number of nitrogen functional groups attached to an aromatic ring is 1. The summed E-state index contributed by atoms with van der Waals surface area (Å²) < 4.78 is 26.5. The standard InChI is InChI=1S/C14H11ClF2N2O/c1-7-2-3-8(4-9(7)15)14(20)19-13-6-12(18)10(16)5-11(13)17/h2-6H,18H2,1H3,(H,19,20). The quantitative estimate of drug-likeness (QED) is 0.829. The van der Waals surface area contributed by atoms with Gasteiger partial charge in [-0.3, -0.25) is 4.79 Å². The number of aryl methyl sites for hydroxylation is 1. The molecule has 0 radical (unpaired) electrons. The number of halogens is 3. The van der Waals surface area contributed by atoms with Crippen molar-refractivity contribution in [1.29, 1.82) is 0 Å². The lowest BCUT2D eigenvalue weighted by Gasteiger charge is -2.09. The monoisotopic (exact) mass is 296 g/mol. The molecule has 2 rings (SSSR count). The molecule has 0 fully saturated rings. The highest BCUT2D eigenvalue weighted by molar-refractivity contribution is 6.31. The van der Waals surface area contributed by atoms with Gasteiger partial charge in [0.15, 0.2) is 0 Å². The van der Waals surface area contributed by atoms with Crippen LogP contribution < -0.4 is 11.1 Å². The summed E-state index contributed by atoms with van der Waals surface area (Å²) in [5.41, 5.74) is 5.98. The molecule has 0 saturated carbocycles. The molecule has 0 aromatic heterocycles. The number of amides is 1. The van der Waals surface area contributed by atoms with E-state index in [0.29, 0.717) is 11.1 Å². The highest BCUT2D eigenvalue weighted by atomic mass is 35.5. The predicted molar refractivity (Wildman–Crippen MR) is 74.9 cm³/mol. The molecule has 20 heavy (non-hydrogen) atoms. The van der Waals surface area contributed by atoms with Crippen molar-refractivity contribution in [3.8, 4) is 0 Å². The Balaban J connectivity index is 2.27. The number of nitrogens with one attached hydrogen (secondary N) is 1. The van der Waals surface area contributed by atoms with E-state index < -0.39 is 17.5 Å². The van der Waals surface area contributed by atoms with Gasteiger partial charge >= 0.3 is 0 Å². The van der Waals surface area contributed by atoms with Crippen LogP contribution in [-0.4, -0.2) is 5.91 Å². The molecule has 2 aromatic rings. The van der Waals surface area contributed by atoms with E-state index in [0.717, 1.165) is 11.6 Å². The third-order valence-corrected chi connectivity index (χ3v) is 3.18. The van der Waals surface area contributed by atoms with Gasteiger partial charge in [0, 0.05) is 16.7 Å². The van der Waals surface area contributed by atoms with E-state index in [1.54, 1.807) is 19.1 Å². The van der Waals surface area contributed by atoms with Crippen LogP contribution in [0.3, 0.4) is 0 Å². The van der Waals surface area contributed by atoms with Crippen LogP contribution in [0.25, 0.3) is 0 Å². The highest BCUT2D eigenvalue weighted by Crippen LogP contribution is 2.22. The second-order valence-electron chi connectivity index (χ2n) is 4.27. The average molecular weight is 297 g/mol. The molecule has 0 aliphatic carbocycles. The molecule has 0 spiro atoms. The predicted octanol–water partition coefficient (Wildman–Crippen LogP) is 3.76. The van der Waals surface area contributed by atoms with Crippen molar-refractivity contribution in [2.24, 2.45) is 0 Å². The minimum Gasteiger partial charge on any atom is -0.396 e. The number of benzene rings is 2. The number of hydrogen-bond acceptors (Lipinski definition) is 2. The van der Waals surface area contributed by atoms with Crippen molar-refractivity contribution in [2.45, 2.75) is 6.92 Å². The Morgan fingerprint density at radius 3 is 2.55 bits per heavy atom. The van der Waals surface area contributed by atoms with Crippen LogP contribution in [0.5, 0.6) is 0 Å². The maximum atomic E-state index is 13.5. The molecule has 0 aliphatic rings. The molecule has 104 valence electrons. The van der Waals surface area contributed by atoms with Gasteiger partial charge in [-0.15, -0.1) is 0 Å². The Bertz CT molecular complexity index is 689. The average Bonchev–Trinajstić information content (AvgIpc) is 2.39. The Labute approximate surface area is 119 Å². The lowest BCUT2D eigenvalue weighted by atomic mass is 10.1. The van der Waals surface area contributed by atoms with Gasteiger partial charge in [-0.05, 0) is 30.7 Å². The van der Waals surface area contributed by atoms with Crippen LogP contribution in [0.1, 0.15) is 15.9 Å². The number of anilines is 2. The van der Waals surface area contributed by atoms with Gasteiger partial charge in [0.25, 0.3) is 5.91 Å². The second-order valence-corrected chi connectivity index (χ2v) is 4.68. The van der Waals surface area contributed by atoms with Gasteiger partial charge < -0.3 is 11.1 Å². The topological polar surface area (TPSA) is 55.1 Å². The van der Waals surface area contributed by atoms with E-state index in [1.165, 1.54) is 6.07 Å². The first-order valence-corrected chi connectivity index (χ1v) is 6.08. The summed E-state index contributed by atoms with van der Waals surface area (Å²) in [5, 5.41) is 2.75. The second kappa shape index (κ2) is 5.46. The van der Waals surface area contributed by atoms with E-state index in [4.69, 9.17) is 17.3 Å². The molecule has 0 atom stereocenters. The van der Waals surface area contributed by atoms with E-state index >= 15 is 0 Å². The van der Waals surface area contributed by atoms with Gasteiger partial charge in [0.05, 0.1) is 11.4 Å². The lowest BCUT2D eigenvalue weighted by Crippen LogP contribution is -2.13. The molecule has 3 nitrogen and oxygen atoms in total. The van der Waals surface area contributed by atoms with Gasteiger partial charge in [-0.1, -0.05) is 17.7 Å². The fourth-order valence-electron chi connectivity index (χ4n) is 1.59. The first-order valence-electron chi connectivity index (χ1n) is 5.70. The van der Waals surface area contributed by atoms with Crippen molar-refractivity contribution in [2.75, 3.05) is 11.1 Å². The number of carbonyl (C=O) groups excluding carboxylic acids is 1. The van der Waals surface area contributed by atoms with Crippen molar-refractivity contribution in [3.05, 3.63) is 58.1 Å². The Morgan fingerprint density at radius 2 is 1.90 bits per heavy atom. The number of carbonyl (C=O) groups is 1. The van der Waals surface area contributed by atoms with Crippen LogP contribution in [0, 0.1) is 18.6 Å². The Hall–Kier alpha value is -2.14. The third kappa shape index (κ3) is 2.88. The van der Waals surface area contributed by atoms with Gasteiger partial charge in [0.1, 0.15) is 11.6 Å². The smallest absolute Gasteiger partial charge is 0.255 e. The summed E-state index contributed by atoms with van der Waals surface area (Å²) in [7, 11) is 0. The van der Waals surface area contributed by atoms with Crippen molar-refractivity contribution < 1.29 is 13.6 Å². The fourth-order valence-corrected chi connectivity index (χ4v) is 1.77. The zero-order chi connectivity index (χ0) is 14.9. The maximum Gasteiger partial charge on any atom is 0.255 e. The van der Waals surface area contributed by atoms with E-state index in [1.807, 2.05) is 0 Å². The maximum absolute atomic E-state index is 13.5. The number of rotatable bonds is 2. The Morgan fingerprint density at radius 1 is 1.20 bits per heavy atom. The normalized spacial score (nSPS) is 10.4. The SMILES string of the molecule is Cc1ccc(C(=O)Nc2cc(N)c(F)cc2F)cc1Cl. The number of nitrogens with two attached hydrogens (primary N) is 1. The van der Waals surface area contributed by atoms with E-state index in [-0.39, 0.29) is 16.9 Å². The molecule has 0 bridgehead atoms. The molecule has 1 amide bonds. The summed E-state index contributed by atoms with van der Waals surface area (Å²) in [5.74, 6) is -2.33. The van der Waals surface area contributed by atoms with Crippen molar-refractivity contribution in [1.82, 2.24) is 0 Å². The number of hydrogen-bond donors (Lipinski definition) is 2. The summed E-state index contributed by atoms with van der Waals surface area (Å²) in [6.45, 7) is 1.80. The summed E-state index contributed by atoms with van der Waals surface area (Å²) in [6.07, 6.45) is 0. The van der Waals surface area contributed by atoms with Gasteiger partial charge in [-0.2, -0.15) is 0 Å². The summed E-state index contributed by atoms with van der Waals surface area (Å²) in [4.78, 5) is 12.0. The van der Waals surface area contributed by atoms with Gasteiger partial charge in [-0.25, -0.2) is 8.78 Å². The first kappa shape index (κ1) is 14.3. The van der Waals surface area contributed by atoms with Crippen molar-refractivity contribution >= 4 is 28.9 Å². The molecule has 0 saturated heterocycles. The molecule has 6 heteroatoms. The van der Waals surface area contributed by atoms with Crippen LogP contribution >= 0.6 is 11.6 Å². The molecular formula is C14H11ClF2N2O. The molecule has 2 aromatic carbocycles. The van der Waals surface area contributed by atoms with Gasteiger partial charge in [0.2, 0.25) is 0 Å². The zero-order valence-corrected chi connectivity index (χ0v) is 11.3. The van der Waals surface area contributed by atoms with Crippen LogP contribution in [-0.2, 0) is 0 Å². The largest absolute Gasteiger partial charge is 0.396 e. The first-order chi connectivity index (χ1) is 9.38. The minimum absolute atomic E-state index is 0.189. The molecule has 0 unspecified atom stereocenters. The molecule has 0 heterocycles. The van der Waals surface area contributed by atoms with Crippen LogP contribution in [0.2, 0.25) is 5.02 Å². The molecular weight excluding hydrogens is 286 g/mol. The fraction of sp³-hybridized carbons (Fsp3) is 0.0714. The van der Waals surface area contributed by atoms with Crippen LogP contribution in [0.4, 0.5) is 20.2 Å². The third-order valence-electron chi connectivity index (χ3n) is 2.77. The van der Waals surface area contributed by atoms with Crippen molar-refractivity contribution in [3.63, 3.8) is 0 Å². The molecule has 0 aliphatic heterocycles. The van der Waals surface area contributed by atoms with Crippen LogP contribution in [0.15, 0.2) is 30.3 Å². The lowest BCUT2D eigenvalue weighted by molar-refractivity contribution is 0.102. The summed E-state index contributed by atoms with van der Waals surface area (Å²) in [6, 6.07) is 6.34. The minimum atomic E-state index is -0.900. The van der Waals surface area contributed by atoms with E-state index in [2.05, 4.69) is 5.32 Å². The summed E-state index contributed by atoms with van der Waals surface area (Å²) >= 11 is 5.91. The van der Waals surface area contributed by atoms with E-state index in [9.17, 15) is 13.6 Å². The molecule has 3 N–H and O–H groups in total. The Kier molecular flexibility index (Phi) is 3.90.